The molecule has 0 unspecified atom stereocenters. The van der Waals surface area contributed by atoms with Gasteiger partial charge in [0.25, 0.3) is 5.91 Å². The monoisotopic (exact) mass is 477 g/mol. The maximum atomic E-state index is 13.3. The minimum absolute atomic E-state index is 0. The summed E-state index contributed by atoms with van der Waals surface area (Å²) in [5, 5.41) is 5.56. The number of amides is 3. The topological polar surface area (TPSA) is 120 Å². The summed E-state index contributed by atoms with van der Waals surface area (Å²) in [5.41, 5.74) is 9.45. The van der Waals surface area contributed by atoms with Crippen LogP contribution in [0.2, 0.25) is 0 Å². The number of carbonyl (C=O) groups excluding carboxylic acids is 3. The summed E-state index contributed by atoms with van der Waals surface area (Å²) in [6.07, 6.45) is 1.55. The number of nitrogens with one attached hydrogen (secondary N) is 2. The van der Waals surface area contributed by atoms with Crippen LogP contribution in [0.25, 0.3) is 11.1 Å². The van der Waals surface area contributed by atoms with Crippen LogP contribution >= 0.6 is 0 Å². The lowest BCUT2D eigenvalue weighted by Gasteiger charge is -2.17. The van der Waals surface area contributed by atoms with Crippen molar-refractivity contribution in [2.24, 2.45) is 5.73 Å². The molecule has 3 amide bonds. The van der Waals surface area contributed by atoms with E-state index in [4.69, 9.17) is 15.2 Å². The maximum absolute atomic E-state index is 13.3. The van der Waals surface area contributed by atoms with E-state index in [-0.39, 0.29) is 29.4 Å². The second-order valence-corrected chi connectivity index (χ2v) is 8.86. The van der Waals surface area contributed by atoms with Crippen LogP contribution in [0.3, 0.4) is 0 Å². The third-order valence-corrected chi connectivity index (χ3v) is 6.49. The Labute approximate surface area is 206 Å². The summed E-state index contributed by atoms with van der Waals surface area (Å²) in [5.74, 6) is 0.352. The molecule has 0 spiro atoms. The van der Waals surface area contributed by atoms with E-state index in [1.54, 1.807) is 12.1 Å². The van der Waals surface area contributed by atoms with Crippen LogP contribution in [-0.4, -0.2) is 31.1 Å². The average molecular weight is 478 g/mol. The van der Waals surface area contributed by atoms with Crippen LogP contribution in [0.4, 0.5) is 5.69 Å². The van der Waals surface area contributed by atoms with Gasteiger partial charge in [0.15, 0.2) is 11.5 Å². The molecule has 1 heterocycles. The third-order valence-electron chi connectivity index (χ3n) is 6.49. The summed E-state index contributed by atoms with van der Waals surface area (Å²) < 4.78 is 10.9. The molecule has 2 aliphatic rings. The maximum Gasteiger partial charge on any atom is 0.251 e. The second kappa shape index (κ2) is 8.79. The number of rotatable bonds is 7. The van der Waals surface area contributed by atoms with Crippen molar-refractivity contribution in [2.75, 3.05) is 18.7 Å². The van der Waals surface area contributed by atoms with Crippen LogP contribution in [0.5, 0.6) is 11.5 Å². The lowest BCUT2D eigenvalue weighted by atomic mass is 9.94. The number of nitrogens with two attached hydrogens (primary N) is 1. The molecule has 8 nitrogen and oxygen atoms in total. The number of primary amides is 1. The number of hydrogen-bond donors (Lipinski definition) is 3. The van der Waals surface area contributed by atoms with E-state index in [0.29, 0.717) is 22.7 Å². The number of anilines is 1. The molecule has 4 N–H and O–H groups in total. The zero-order valence-corrected chi connectivity index (χ0v) is 19.2. The van der Waals surface area contributed by atoms with Crippen LogP contribution in [0.1, 0.15) is 38.6 Å². The standard InChI is InChI=1S/C27H25N3O5.3H2/c1-16-2-8-20(13-21(16)17-3-5-18(6-4-17)25(32)29-14-24(28)31)30-26(33)27(10-11-27)19-7-9-22-23(12-19)35-15-34-22;;;/h2-9,12-13H,10-11,14-15H2,1H3,(H2,28,31)(H,29,32)(H,30,33);3*1H. The Morgan fingerprint density at radius 2 is 1.71 bits per heavy atom. The predicted molar refractivity (Wildman–Crippen MR) is 137 cm³/mol. The SMILES string of the molecule is Cc1ccc(NC(=O)C2(c3ccc4c(c3)OCO4)CC2)cc1-c1ccc(C(=O)NCC(N)=O)cc1.[HH].[HH].[HH]. The van der Waals surface area contributed by atoms with Crippen molar-refractivity contribution < 1.29 is 28.1 Å². The van der Waals surface area contributed by atoms with Gasteiger partial charge in [-0.1, -0.05) is 24.3 Å². The van der Waals surface area contributed by atoms with Gasteiger partial charge in [-0.3, -0.25) is 14.4 Å². The fourth-order valence-corrected chi connectivity index (χ4v) is 4.30. The van der Waals surface area contributed by atoms with E-state index >= 15 is 0 Å². The molecule has 184 valence electrons. The van der Waals surface area contributed by atoms with E-state index in [0.717, 1.165) is 35.1 Å². The molecular weight excluding hydrogens is 446 g/mol. The van der Waals surface area contributed by atoms with E-state index in [1.165, 1.54) is 0 Å². The Balaban J connectivity index is 0.00000169. The molecule has 1 fully saturated rings. The van der Waals surface area contributed by atoms with Gasteiger partial charge >= 0.3 is 0 Å². The molecule has 8 heteroatoms. The second-order valence-electron chi connectivity index (χ2n) is 8.86. The fourth-order valence-electron chi connectivity index (χ4n) is 4.30. The van der Waals surface area contributed by atoms with Crippen LogP contribution in [0, 0.1) is 6.92 Å². The van der Waals surface area contributed by atoms with Gasteiger partial charge in [0.2, 0.25) is 18.6 Å². The van der Waals surface area contributed by atoms with Crippen LogP contribution in [-0.2, 0) is 15.0 Å². The summed E-state index contributed by atoms with van der Waals surface area (Å²) in [6, 6.07) is 18.5. The van der Waals surface area contributed by atoms with E-state index in [2.05, 4.69) is 10.6 Å². The number of hydrogen-bond acceptors (Lipinski definition) is 5. The van der Waals surface area contributed by atoms with E-state index in [1.807, 2.05) is 55.5 Å². The number of aryl methyl sites for hydroxylation is 1. The third kappa shape index (κ3) is 4.42. The zero-order valence-electron chi connectivity index (χ0n) is 19.2. The Bertz CT molecular complexity index is 1340. The first-order chi connectivity index (χ1) is 16.9. The fraction of sp³-hybridized carbons (Fsp3) is 0.222. The van der Waals surface area contributed by atoms with Gasteiger partial charge in [-0.15, -0.1) is 0 Å². The van der Waals surface area contributed by atoms with Crippen molar-refractivity contribution in [2.45, 2.75) is 25.2 Å². The van der Waals surface area contributed by atoms with Gasteiger partial charge in [-0.25, -0.2) is 0 Å². The molecule has 0 atom stereocenters. The molecule has 3 aromatic carbocycles. The van der Waals surface area contributed by atoms with Crippen LogP contribution in [0.15, 0.2) is 60.7 Å². The van der Waals surface area contributed by atoms with Crippen molar-refractivity contribution in [3.63, 3.8) is 0 Å². The first-order valence-corrected chi connectivity index (χ1v) is 11.3. The smallest absolute Gasteiger partial charge is 0.251 e. The summed E-state index contributed by atoms with van der Waals surface area (Å²) in [4.78, 5) is 36.3. The highest BCUT2D eigenvalue weighted by molar-refractivity contribution is 6.02. The molecule has 1 saturated carbocycles. The lowest BCUT2D eigenvalue weighted by molar-refractivity contribution is -0.118. The first kappa shape index (κ1) is 22.5. The Kier molecular flexibility index (Phi) is 5.64. The lowest BCUT2D eigenvalue weighted by Crippen LogP contribution is -2.33. The van der Waals surface area contributed by atoms with Gasteiger partial charge in [0.05, 0.1) is 12.0 Å². The molecule has 35 heavy (non-hydrogen) atoms. The number of fused-ring (bicyclic) bond motifs is 1. The Hall–Kier alpha value is -4.33. The molecule has 0 saturated heterocycles. The average Bonchev–Trinajstić information content (AvgIpc) is 3.54. The largest absolute Gasteiger partial charge is 0.454 e. The van der Waals surface area contributed by atoms with Crippen molar-refractivity contribution >= 4 is 23.4 Å². The zero-order chi connectivity index (χ0) is 24.6. The Morgan fingerprint density at radius 1 is 0.971 bits per heavy atom. The predicted octanol–water partition coefficient (Wildman–Crippen LogP) is 4.01. The van der Waals surface area contributed by atoms with E-state index in [9.17, 15) is 14.4 Å². The van der Waals surface area contributed by atoms with Gasteiger partial charge in [0.1, 0.15) is 0 Å². The summed E-state index contributed by atoms with van der Waals surface area (Å²) in [7, 11) is 0. The first-order valence-electron chi connectivity index (χ1n) is 11.3. The molecule has 0 radical (unpaired) electrons. The molecule has 0 bridgehead atoms. The molecule has 5 rings (SSSR count). The van der Waals surface area contributed by atoms with Gasteiger partial charge in [-0.05, 0) is 78.4 Å². The summed E-state index contributed by atoms with van der Waals surface area (Å²) >= 11 is 0. The normalized spacial score (nSPS) is 14.8. The molecular formula is C27H31N3O5. The van der Waals surface area contributed by atoms with Gasteiger partial charge < -0.3 is 25.8 Å². The highest BCUT2D eigenvalue weighted by atomic mass is 16.7. The van der Waals surface area contributed by atoms with Gasteiger partial charge in [0, 0.05) is 15.5 Å². The molecule has 1 aliphatic heterocycles. The Morgan fingerprint density at radius 3 is 2.43 bits per heavy atom. The highest BCUT2D eigenvalue weighted by Gasteiger charge is 2.51. The van der Waals surface area contributed by atoms with Crippen molar-refractivity contribution in [1.29, 1.82) is 0 Å². The highest BCUT2D eigenvalue weighted by Crippen LogP contribution is 2.51. The van der Waals surface area contributed by atoms with Crippen molar-refractivity contribution in [3.05, 3.63) is 77.4 Å². The van der Waals surface area contributed by atoms with Crippen LogP contribution < -0.4 is 25.8 Å². The number of ether oxygens (including phenoxy) is 2. The minimum atomic E-state index is -0.601. The van der Waals surface area contributed by atoms with E-state index < -0.39 is 11.3 Å². The van der Waals surface area contributed by atoms with Crippen molar-refractivity contribution in [1.82, 2.24) is 5.32 Å². The number of benzene rings is 3. The molecule has 1 aliphatic carbocycles. The quantitative estimate of drug-likeness (QED) is 0.475. The van der Waals surface area contributed by atoms with Crippen molar-refractivity contribution in [3.8, 4) is 22.6 Å². The number of carbonyl (C=O) groups is 3. The minimum Gasteiger partial charge on any atom is -0.454 e. The molecule has 0 aromatic heterocycles. The van der Waals surface area contributed by atoms with Gasteiger partial charge in [-0.2, -0.15) is 0 Å². The summed E-state index contributed by atoms with van der Waals surface area (Å²) in [6.45, 7) is 1.97. The molecule has 3 aromatic rings.